The Labute approximate surface area is 99.6 Å². The van der Waals surface area contributed by atoms with Crippen molar-refractivity contribution in [2.45, 2.75) is 32.1 Å². The van der Waals surface area contributed by atoms with E-state index in [1.807, 2.05) is 5.32 Å². The Hall–Kier alpha value is -1.69. The number of nitrogens with one attached hydrogen (secondary N) is 1. The molecule has 0 aromatic heterocycles. The number of rotatable bonds is 5. The van der Waals surface area contributed by atoms with Crippen LogP contribution in [0.2, 0.25) is 0 Å². The van der Waals surface area contributed by atoms with Crippen LogP contribution in [0.25, 0.3) is 0 Å². The van der Waals surface area contributed by atoms with Gasteiger partial charge in [-0.3, -0.25) is 14.9 Å². The summed E-state index contributed by atoms with van der Waals surface area (Å²) in [6, 6.07) is 0. The second kappa shape index (κ2) is 6.15. The average molecular weight is 240 g/mol. The minimum Gasteiger partial charge on any atom is -0.355 e. The van der Waals surface area contributed by atoms with Gasteiger partial charge in [0.15, 0.2) is 0 Å². The number of carbonyl (C=O) groups is 3. The largest absolute Gasteiger partial charge is 0.355 e. The van der Waals surface area contributed by atoms with Crippen LogP contribution in [0.4, 0.5) is 0 Å². The minimum absolute atomic E-state index is 0.204. The molecule has 1 fully saturated rings. The van der Waals surface area contributed by atoms with Crippen molar-refractivity contribution in [1.82, 2.24) is 10.2 Å². The summed E-state index contributed by atoms with van der Waals surface area (Å²) in [5.41, 5.74) is 0.401. The second-order valence-electron chi connectivity index (χ2n) is 3.91. The van der Waals surface area contributed by atoms with Crippen molar-refractivity contribution in [2.24, 2.45) is 0 Å². The molecule has 1 aliphatic heterocycles. The van der Waals surface area contributed by atoms with Gasteiger partial charge in [0.2, 0.25) is 6.41 Å². The van der Waals surface area contributed by atoms with Crippen LogP contribution in [-0.2, 0) is 19.1 Å². The lowest BCUT2D eigenvalue weighted by Gasteiger charge is -2.22. The van der Waals surface area contributed by atoms with Crippen molar-refractivity contribution in [3.05, 3.63) is 11.8 Å². The summed E-state index contributed by atoms with van der Waals surface area (Å²) in [6.45, 7) is 1.60. The molecular weight excluding hydrogens is 224 g/mol. The van der Waals surface area contributed by atoms with Crippen molar-refractivity contribution in [3.8, 4) is 0 Å². The minimum atomic E-state index is -0.447. The van der Waals surface area contributed by atoms with E-state index in [0.29, 0.717) is 18.4 Å². The number of carbonyl (C=O) groups excluding carboxylic acids is 3. The summed E-state index contributed by atoms with van der Waals surface area (Å²) in [4.78, 5) is 33.6. The predicted octanol–water partition coefficient (Wildman–Crippen LogP) is -0.201. The third-order valence-corrected chi connectivity index (χ3v) is 2.58. The fourth-order valence-electron chi connectivity index (χ4n) is 1.66. The maximum atomic E-state index is 11.3. The number of amides is 2. The first kappa shape index (κ1) is 13.4. The van der Waals surface area contributed by atoms with Gasteiger partial charge in [0.05, 0.1) is 0 Å². The summed E-state index contributed by atoms with van der Waals surface area (Å²) < 4.78 is 5.42. The van der Waals surface area contributed by atoms with Gasteiger partial charge >= 0.3 is 0 Å². The SMILES string of the molecule is C/C(=C/N(C)C1CC[C@@H](C=O)O1)C(=O)NC=O. The van der Waals surface area contributed by atoms with Crippen LogP contribution in [0.3, 0.4) is 0 Å². The normalized spacial score (nSPS) is 24.2. The molecule has 94 valence electrons. The third-order valence-electron chi connectivity index (χ3n) is 2.58. The predicted molar refractivity (Wildman–Crippen MR) is 59.7 cm³/mol. The molecule has 0 aromatic carbocycles. The molecule has 1 unspecified atom stereocenters. The van der Waals surface area contributed by atoms with Crippen molar-refractivity contribution < 1.29 is 19.1 Å². The van der Waals surface area contributed by atoms with E-state index in [0.717, 1.165) is 12.7 Å². The van der Waals surface area contributed by atoms with Gasteiger partial charge in [-0.25, -0.2) is 0 Å². The van der Waals surface area contributed by atoms with Crippen LogP contribution >= 0.6 is 0 Å². The van der Waals surface area contributed by atoms with Crippen molar-refractivity contribution in [2.75, 3.05) is 7.05 Å². The molecule has 2 amide bonds. The van der Waals surface area contributed by atoms with E-state index >= 15 is 0 Å². The van der Waals surface area contributed by atoms with Gasteiger partial charge < -0.3 is 14.4 Å². The number of hydrogen-bond acceptors (Lipinski definition) is 5. The van der Waals surface area contributed by atoms with Gasteiger partial charge in [-0.05, 0) is 19.8 Å². The highest BCUT2D eigenvalue weighted by atomic mass is 16.5. The highest BCUT2D eigenvalue weighted by Crippen LogP contribution is 2.21. The summed E-state index contributed by atoms with van der Waals surface area (Å²) in [7, 11) is 1.76. The van der Waals surface area contributed by atoms with Crippen LogP contribution < -0.4 is 5.32 Å². The zero-order chi connectivity index (χ0) is 12.8. The van der Waals surface area contributed by atoms with E-state index in [2.05, 4.69) is 0 Å². The molecular formula is C11H16N2O4. The first-order valence-corrected chi connectivity index (χ1v) is 5.34. The topological polar surface area (TPSA) is 75.7 Å². The van der Waals surface area contributed by atoms with Crippen LogP contribution in [0.15, 0.2) is 11.8 Å². The van der Waals surface area contributed by atoms with E-state index < -0.39 is 5.91 Å². The average Bonchev–Trinajstić information content (AvgIpc) is 2.77. The monoisotopic (exact) mass is 240 g/mol. The van der Waals surface area contributed by atoms with Gasteiger partial charge in [0, 0.05) is 18.8 Å². The van der Waals surface area contributed by atoms with E-state index in [-0.39, 0.29) is 12.3 Å². The fraction of sp³-hybridized carbons (Fsp3) is 0.545. The third kappa shape index (κ3) is 3.67. The fourth-order valence-corrected chi connectivity index (χ4v) is 1.66. The Morgan fingerprint density at radius 2 is 2.12 bits per heavy atom. The highest BCUT2D eigenvalue weighted by Gasteiger charge is 2.26. The molecule has 6 heteroatoms. The van der Waals surface area contributed by atoms with Gasteiger partial charge in [0.25, 0.3) is 5.91 Å². The van der Waals surface area contributed by atoms with Crippen LogP contribution in [-0.4, -0.2) is 42.9 Å². The lowest BCUT2D eigenvalue weighted by atomic mass is 10.2. The maximum absolute atomic E-state index is 11.3. The van der Waals surface area contributed by atoms with Crippen molar-refractivity contribution in [3.63, 3.8) is 0 Å². The van der Waals surface area contributed by atoms with E-state index in [9.17, 15) is 14.4 Å². The molecule has 0 aromatic rings. The standard InChI is InChI=1S/C11H16N2O4/c1-8(11(16)12-7-15)5-13(2)10-4-3-9(6-14)17-10/h5-7,9-10H,3-4H2,1-2H3,(H,12,15,16)/b8-5-/t9-,10?/m0/s1. The van der Waals surface area contributed by atoms with E-state index in [1.165, 1.54) is 0 Å². The van der Waals surface area contributed by atoms with Crippen LogP contribution in [0.1, 0.15) is 19.8 Å². The molecule has 0 spiro atoms. The molecule has 6 nitrogen and oxygen atoms in total. The number of imide groups is 1. The summed E-state index contributed by atoms with van der Waals surface area (Å²) in [6.07, 6.45) is 3.57. The zero-order valence-electron chi connectivity index (χ0n) is 9.88. The highest BCUT2D eigenvalue weighted by molar-refractivity contribution is 5.98. The smallest absolute Gasteiger partial charge is 0.254 e. The quantitative estimate of drug-likeness (QED) is 0.532. The van der Waals surface area contributed by atoms with Gasteiger partial charge in [-0.1, -0.05) is 0 Å². The van der Waals surface area contributed by atoms with Gasteiger partial charge in [0.1, 0.15) is 18.6 Å². The summed E-state index contributed by atoms with van der Waals surface area (Å²) >= 11 is 0. The Morgan fingerprint density at radius 1 is 1.41 bits per heavy atom. The van der Waals surface area contributed by atoms with Crippen LogP contribution in [0, 0.1) is 0 Å². The molecule has 1 aliphatic rings. The lowest BCUT2D eigenvalue weighted by Crippen LogP contribution is -2.30. The molecule has 0 radical (unpaired) electrons. The molecule has 0 bridgehead atoms. The van der Waals surface area contributed by atoms with E-state index in [4.69, 9.17) is 4.74 Å². The second-order valence-corrected chi connectivity index (χ2v) is 3.91. The van der Waals surface area contributed by atoms with Crippen molar-refractivity contribution >= 4 is 18.6 Å². The molecule has 2 atom stereocenters. The van der Waals surface area contributed by atoms with Crippen LogP contribution in [0.5, 0.6) is 0 Å². The maximum Gasteiger partial charge on any atom is 0.254 e. The number of ether oxygens (including phenoxy) is 1. The number of hydrogen-bond donors (Lipinski definition) is 1. The first-order valence-electron chi connectivity index (χ1n) is 5.34. The molecule has 17 heavy (non-hydrogen) atoms. The van der Waals surface area contributed by atoms with Crippen molar-refractivity contribution in [1.29, 1.82) is 0 Å². The zero-order valence-corrected chi connectivity index (χ0v) is 9.88. The Balaban J connectivity index is 2.56. The molecule has 1 saturated heterocycles. The lowest BCUT2D eigenvalue weighted by molar-refractivity contribution is -0.123. The van der Waals surface area contributed by atoms with Gasteiger partial charge in [-0.2, -0.15) is 0 Å². The van der Waals surface area contributed by atoms with E-state index in [1.54, 1.807) is 25.1 Å². The Kier molecular flexibility index (Phi) is 4.84. The summed E-state index contributed by atoms with van der Waals surface area (Å²) in [5, 5.41) is 2.05. The Morgan fingerprint density at radius 3 is 2.65 bits per heavy atom. The Bertz CT molecular complexity index is 340. The molecule has 1 heterocycles. The number of aldehydes is 1. The summed E-state index contributed by atoms with van der Waals surface area (Å²) in [5.74, 6) is -0.447. The molecule has 0 saturated carbocycles. The number of nitrogens with zero attached hydrogens (tertiary/aromatic N) is 1. The molecule has 0 aliphatic carbocycles. The molecule has 1 N–H and O–H groups in total. The first-order chi connectivity index (χ1) is 8.08. The van der Waals surface area contributed by atoms with Gasteiger partial charge in [-0.15, -0.1) is 0 Å². The molecule has 1 rings (SSSR count).